The lowest BCUT2D eigenvalue weighted by molar-refractivity contribution is -0.122. The second-order valence-corrected chi connectivity index (χ2v) is 8.96. The predicted molar refractivity (Wildman–Crippen MR) is 113 cm³/mol. The molecule has 0 saturated carbocycles. The average Bonchev–Trinajstić information content (AvgIpc) is 2.53. The molecule has 29 heavy (non-hydrogen) atoms. The van der Waals surface area contributed by atoms with E-state index in [9.17, 15) is 14.4 Å². The summed E-state index contributed by atoms with van der Waals surface area (Å²) in [6.45, 7) is 12.3. The molecule has 1 unspecified atom stereocenters. The lowest BCUT2D eigenvalue weighted by atomic mass is 10.1. The molecule has 0 bridgehead atoms. The topological polar surface area (TPSA) is 132 Å². The summed E-state index contributed by atoms with van der Waals surface area (Å²) in [4.78, 5) is 34.9. The molecule has 0 heterocycles. The molecule has 170 valence electrons. The van der Waals surface area contributed by atoms with Gasteiger partial charge in [-0.15, -0.1) is 0 Å². The van der Waals surface area contributed by atoms with Crippen LogP contribution >= 0.6 is 0 Å². The van der Waals surface area contributed by atoms with Crippen LogP contribution in [0.4, 0.5) is 9.59 Å². The van der Waals surface area contributed by atoms with Crippen LogP contribution in [0.3, 0.4) is 0 Å². The highest BCUT2D eigenvalue weighted by Crippen LogP contribution is 2.07. The van der Waals surface area contributed by atoms with Gasteiger partial charge in [0.1, 0.15) is 11.2 Å². The molecule has 0 aliphatic carbocycles. The number of carbonyl (C=O) groups excluding carboxylic acids is 3. The quantitative estimate of drug-likeness (QED) is 0.383. The highest BCUT2D eigenvalue weighted by molar-refractivity contribution is 5.81. The minimum absolute atomic E-state index is 0.190. The monoisotopic (exact) mass is 416 g/mol. The highest BCUT2D eigenvalue weighted by atomic mass is 16.6. The zero-order valence-corrected chi connectivity index (χ0v) is 18.9. The van der Waals surface area contributed by atoms with Crippen molar-refractivity contribution in [2.75, 3.05) is 19.6 Å². The summed E-state index contributed by atoms with van der Waals surface area (Å²) in [5.41, 5.74) is 4.85. The molecule has 3 amide bonds. The third kappa shape index (κ3) is 17.8. The van der Waals surface area contributed by atoms with Gasteiger partial charge in [-0.25, -0.2) is 9.59 Å². The van der Waals surface area contributed by atoms with Crippen molar-refractivity contribution in [3.8, 4) is 0 Å². The standard InChI is InChI=1S/C20H40N4O5/c1-19(2,3)28-17(26)23-13-8-7-11-15(21)16(25)22-12-9-10-14-24-18(27)29-20(4,5)6/h15H,7-14,21H2,1-6H3,(H,22,25)(H,23,26)(H,24,27). The first-order chi connectivity index (χ1) is 13.3. The van der Waals surface area contributed by atoms with Crippen LogP contribution in [-0.4, -0.2) is 55.0 Å². The molecule has 0 aliphatic heterocycles. The first-order valence-corrected chi connectivity index (χ1v) is 10.3. The van der Waals surface area contributed by atoms with Crippen LogP contribution in [0.5, 0.6) is 0 Å². The summed E-state index contributed by atoms with van der Waals surface area (Å²) in [5, 5.41) is 8.14. The van der Waals surface area contributed by atoms with Crippen molar-refractivity contribution in [2.45, 2.75) is 90.9 Å². The van der Waals surface area contributed by atoms with Gasteiger partial charge in [0, 0.05) is 19.6 Å². The van der Waals surface area contributed by atoms with E-state index in [-0.39, 0.29) is 5.91 Å². The van der Waals surface area contributed by atoms with E-state index in [0.29, 0.717) is 26.1 Å². The Labute approximate surface area is 174 Å². The Morgan fingerprint density at radius 2 is 1.10 bits per heavy atom. The van der Waals surface area contributed by atoms with Crippen LogP contribution in [0.25, 0.3) is 0 Å². The van der Waals surface area contributed by atoms with E-state index < -0.39 is 29.4 Å². The number of carbonyl (C=O) groups is 3. The van der Waals surface area contributed by atoms with Gasteiger partial charge in [-0.2, -0.15) is 0 Å². The number of amides is 3. The lowest BCUT2D eigenvalue weighted by Gasteiger charge is -2.19. The Kier molecular flexibility index (Phi) is 12.3. The average molecular weight is 417 g/mol. The van der Waals surface area contributed by atoms with E-state index in [2.05, 4.69) is 16.0 Å². The molecule has 5 N–H and O–H groups in total. The SMILES string of the molecule is CC(C)(C)OC(=O)NCCCCNC(=O)C(N)CCCCNC(=O)OC(C)(C)C. The number of unbranched alkanes of at least 4 members (excludes halogenated alkanes) is 2. The fraction of sp³-hybridized carbons (Fsp3) is 0.850. The minimum atomic E-state index is -0.573. The zero-order chi connectivity index (χ0) is 22.5. The molecule has 9 nitrogen and oxygen atoms in total. The summed E-state index contributed by atoms with van der Waals surface area (Å²) < 4.78 is 10.3. The van der Waals surface area contributed by atoms with Crippen LogP contribution in [0, 0.1) is 0 Å². The molecular weight excluding hydrogens is 376 g/mol. The van der Waals surface area contributed by atoms with E-state index in [1.807, 2.05) is 41.5 Å². The van der Waals surface area contributed by atoms with Crippen LogP contribution in [0.1, 0.15) is 73.6 Å². The molecular formula is C20H40N4O5. The van der Waals surface area contributed by atoms with E-state index in [0.717, 1.165) is 25.7 Å². The largest absolute Gasteiger partial charge is 0.444 e. The third-order valence-electron chi connectivity index (χ3n) is 3.52. The molecule has 9 heteroatoms. The first kappa shape index (κ1) is 27.0. The predicted octanol–water partition coefficient (Wildman–Crippen LogP) is 2.43. The number of hydrogen-bond acceptors (Lipinski definition) is 6. The van der Waals surface area contributed by atoms with Gasteiger partial charge in [0.2, 0.25) is 5.91 Å². The zero-order valence-electron chi connectivity index (χ0n) is 18.9. The van der Waals surface area contributed by atoms with Crippen LogP contribution in [-0.2, 0) is 14.3 Å². The smallest absolute Gasteiger partial charge is 0.407 e. The summed E-state index contributed by atoms with van der Waals surface area (Å²) >= 11 is 0. The van der Waals surface area contributed by atoms with Crippen LogP contribution < -0.4 is 21.7 Å². The fourth-order valence-corrected chi connectivity index (χ4v) is 2.22. The van der Waals surface area contributed by atoms with Crippen molar-refractivity contribution in [1.29, 1.82) is 0 Å². The van der Waals surface area contributed by atoms with E-state index in [4.69, 9.17) is 15.2 Å². The number of nitrogens with one attached hydrogen (secondary N) is 3. The number of hydrogen-bond donors (Lipinski definition) is 4. The van der Waals surface area contributed by atoms with Crippen molar-refractivity contribution in [2.24, 2.45) is 5.73 Å². The molecule has 0 fully saturated rings. The van der Waals surface area contributed by atoms with Gasteiger partial charge in [0.05, 0.1) is 6.04 Å². The molecule has 0 radical (unpaired) electrons. The fourth-order valence-electron chi connectivity index (χ4n) is 2.22. The number of nitrogens with two attached hydrogens (primary N) is 1. The van der Waals surface area contributed by atoms with E-state index >= 15 is 0 Å². The molecule has 0 aromatic heterocycles. The highest BCUT2D eigenvalue weighted by Gasteiger charge is 2.17. The van der Waals surface area contributed by atoms with Gasteiger partial charge in [0.15, 0.2) is 0 Å². The van der Waals surface area contributed by atoms with Crippen molar-refractivity contribution in [3.63, 3.8) is 0 Å². The summed E-state index contributed by atoms with van der Waals surface area (Å²) in [6.07, 6.45) is 2.56. The number of alkyl carbamates (subject to hydrolysis) is 2. The van der Waals surface area contributed by atoms with Gasteiger partial charge in [-0.05, 0) is 73.6 Å². The van der Waals surface area contributed by atoms with Crippen LogP contribution in [0.2, 0.25) is 0 Å². The van der Waals surface area contributed by atoms with E-state index in [1.54, 1.807) is 0 Å². The lowest BCUT2D eigenvalue weighted by Crippen LogP contribution is -2.41. The molecule has 0 aromatic rings. The molecule has 0 rings (SSSR count). The van der Waals surface area contributed by atoms with Crippen molar-refractivity contribution < 1.29 is 23.9 Å². The Hall–Kier alpha value is -2.03. The molecule has 0 aliphatic rings. The summed E-state index contributed by atoms with van der Waals surface area (Å²) in [5.74, 6) is -0.190. The van der Waals surface area contributed by atoms with Gasteiger partial charge >= 0.3 is 12.2 Å². The maximum Gasteiger partial charge on any atom is 0.407 e. The van der Waals surface area contributed by atoms with Gasteiger partial charge in [-0.3, -0.25) is 4.79 Å². The molecule has 0 aromatic carbocycles. The normalized spacial score (nSPS) is 12.7. The van der Waals surface area contributed by atoms with Crippen molar-refractivity contribution in [1.82, 2.24) is 16.0 Å². The Bertz CT molecular complexity index is 512. The second-order valence-electron chi connectivity index (χ2n) is 8.96. The minimum Gasteiger partial charge on any atom is -0.444 e. The maximum absolute atomic E-state index is 12.0. The maximum atomic E-state index is 12.0. The van der Waals surface area contributed by atoms with E-state index in [1.165, 1.54) is 0 Å². The van der Waals surface area contributed by atoms with Gasteiger partial charge < -0.3 is 31.2 Å². The molecule has 0 saturated heterocycles. The summed E-state index contributed by atoms with van der Waals surface area (Å²) in [7, 11) is 0. The molecule has 1 atom stereocenters. The Morgan fingerprint density at radius 3 is 1.52 bits per heavy atom. The van der Waals surface area contributed by atoms with Crippen molar-refractivity contribution in [3.05, 3.63) is 0 Å². The number of rotatable bonds is 11. The first-order valence-electron chi connectivity index (χ1n) is 10.3. The second kappa shape index (κ2) is 13.2. The van der Waals surface area contributed by atoms with Gasteiger partial charge in [-0.1, -0.05) is 0 Å². The van der Waals surface area contributed by atoms with Gasteiger partial charge in [0.25, 0.3) is 0 Å². The number of ether oxygens (including phenoxy) is 2. The summed E-state index contributed by atoms with van der Waals surface area (Å²) in [6, 6.07) is -0.573. The van der Waals surface area contributed by atoms with Crippen molar-refractivity contribution >= 4 is 18.1 Å². The third-order valence-corrected chi connectivity index (χ3v) is 3.52. The van der Waals surface area contributed by atoms with Crippen LogP contribution in [0.15, 0.2) is 0 Å². The Balaban J connectivity index is 3.68. The Morgan fingerprint density at radius 1 is 0.724 bits per heavy atom. The molecule has 0 spiro atoms.